The Morgan fingerprint density at radius 3 is 2.61 bits per heavy atom. The van der Waals surface area contributed by atoms with Crippen LogP contribution in [0.15, 0.2) is 27.7 Å². The zero-order chi connectivity index (χ0) is 19.5. The zero-order valence-corrected chi connectivity index (χ0v) is 20.5. The van der Waals surface area contributed by atoms with Crippen molar-refractivity contribution in [3.05, 3.63) is 34.1 Å². The Balaban J connectivity index is 0.00000392. The van der Waals surface area contributed by atoms with Gasteiger partial charge in [0.25, 0.3) is 0 Å². The molecule has 0 unspecified atom stereocenters. The van der Waals surface area contributed by atoms with Crippen LogP contribution in [-0.2, 0) is 16.0 Å². The molecule has 0 atom stereocenters. The molecular weight excluding hydrogens is 542 g/mol. The first-order chi connectivity index (χ1) is 13.1. The van der Waals surface area contributed by atoms with Crippen LogP contribution in [0, 0.1) is 5.82 Å². The van der Waals surface area contributed by atoms with Crippen LogP contribution in [0.4, 0.5) is 4.39 Å². The molecule has 1 aromatic carbocycles. The van der Waals surface area contributed by atoms with Crippen molar-refractivity contribution >= 4 is 45.9 Å². The summed E-state index contributed by atoms with van der Waals surface area (Å²) in [6, 6.07) is 5.34. The predicted molar refractivity (Wildman–Crippen MR) is 125 cm³/mol. The van der Waals surface area contributed by atoms with Gasteiger partial charge in [0.1, 0.15) is 5.82 Å². The van der Waals surface area contributed by atoms with Crippen LogP contribution in [0.2, 0.25) is 0 Å². The summed E-state index contributed by atoms with van der Waals surface area (Å²) < 4.78 is 24.6. The molecule has 0 bridgehead atoms. The number of halogens is 3. The zero-order valence-electron chi connectivity index (χ0n) is 16.6. The molecule has 0 spiro atoms. The van der Waals surface area contributed by atoms with E-state index in [2.05, 4.69) is 43.0 Å². The Labute approximate surface area is 193 Å². The van der Waals surface area contributed by atoms with Gasteiger partial charge >= 0.3 is 0 Å². The topological polar surface area (TPSA) is 49.3 Å². The average molecular weight is 573 g/mol. The highest BCUT2D eigenvalue weighted by atomic mass is 127. The largest absolute Gasteiger partial charge is 0.382 e. The molecule has 0 saturated carbocycles. The molecule has 0 radical (unpaired) electrons. The highest BCUT2D eigenvalue weighted by Crippen LogP contribution is 2.18. The Bertz CT molecular complexity index is 601. The molecule has 1 saturated heterocycles. The summed E-state index contributed by atoms with van der Waals surface area (Å²) in [6.45, 7) is 9.73. The minimum atomic E-state index is -0.208. The maximum absolute atomic E-state index is 13.7. The van der Waals surface area contributed by atoms with Gasteiger partial charge in [0.05, 0.1) is 30.8 Å². The second kappa shape index (κ2) is 14.5. The van der Waals surface area contributed by atoms with Crippen LogP contribution in [0.25, 0.3) is 0 Å². The summed E-state index contributed by atoms with van der Waals surface area (Å²) in [4.78, 5) is 9.28. The lowest BCUT2D eigenvalue weighted by atomic mass is 10.2. The number of nitrogens with zero attached hydrogens (tertiary/aromatic N) is 3. The third-order valence-electron chi connectivity index (χ3n) is 4.33. The van der Waals surface area contributed by atoms with Crippen molar-refractivity contribution in [3.63, 3.8) is 0 Å². The van der Waals surface area contributed by atoms with Crippen LogP contribution in [-0.4, -0.2) is 82.0 Å². The fourth-order valence-corrected chi connectivity index (χ4v) is 3.15. The molecule has 1 aromatic rings. The van der Waals surface area contributed by atoms with Crippen molar-refractivity contribution in [1.82, 2.24) is 15.1 Å². The lowest BCUT2D eigenvalue weighted by Gasteiger charge is -2.36. The number of aliphatic imine (C=N–C) groups is 1. The Morgan fingerprint density at radius 1 is 1.21 bits per heavy atom. The molecule has 6 nitrogen and oxygen atoms in total. The number of methoxy groups -OCH3 is 1. The van der Waals surface area contributed by atoms with Crippen molar-refractivity contribution in [2.75, 3.05) is 66.2 Å². The maximum atomic E-state index is 13.7. The number of piperazine rings is 1. The van der Waals surface area contributed by atoms with Gasteiger partial charge in [-0.2, -0.15) is 0 Å². The lowest BCUT2D eigenvalue weighted by Crippen LogP contribution is -2.52. The first-order valence-corrected chi connectivity index (χ1v) is 10.2. The van der Waals surface area contributed by atoms with E-state index in [1.165, 1.54) is 0 Å². The third kappa shape index (κ3) is 8.89. The average Bonchev–Trinajstić information content (AvgIpc) is 2.67. The van der Waals surface area contributed by atoms with E-state index in [1.54, 1.807) is 19.2 Å². The number of hydrogen-bond donors (Lipinski definition) is 1. The number of benzene rings is 1. The van der Waals surface area contributed by atoms with E-state index >= 15 is 0 Å². The van der Waals surface area contributed by atoms with Crippen molar-refractivity contribution < 1.29 is 13.9 Å². The highest BCUT2D eigenvalue weighted by Gasteiger charge is 2.19. The molecule has 1 heterocycles. The molecule has 1 aliphatic heterocycles. The number of hydrogen-bond acceptors (Lipinski definition) is 4. The summed E-state index contributed by atoms with van der Waals surface area (Å²) in [6.07, 6.45) is 0. The second-order valence-electron chi connectivity index (χ2n) is 6.35. The highest BCUT2D eigenvalue weighted by molar-refractivity contribution is 14.0. The summed E-state index contributed by atoms with van der Waals surface area (Å²) in [5.41, 5.74) is 0.998. The second-order valence-corrected chi connectivity index (χ2v) is 7.21. The van der Waals surface area contributed by atoms with Gasteiger partial charge in [0.2, 0.25) is 0 Å². The summed E-state index contributed by atoms with van der Waals surface area (Å²) in [5.74, 6) is 0.725. The fraction of sp³-hybridized carbons (Fsp3) is 0.632. The monoisotopic (exact) mass is 572 g/mol. The van der Waals surface area contributed by atoms with Gasteiger partial charge in [-0.3, -0.25) is 9.89 Å². The minimum Gasteiger partial charge on any atom is -0.382 e. The van der Waals surface area contributed by atoms with Crippen molar-refractivity contribution in [2.24, 2.45) is 4.99 Å². The van der Waals surface area contributed by atoms with E-state index in [0.29, 0.717) is 30.8 Å². The molecule has 1 fully saturated rings. The summed E-state index contributed by atoms with van der Waals surface area (Å²) in [5, 5.41) is 3.35. The standard InChI is InChI=1S/C19H30BrFN4O2.HI/c1-3-22-19(23-6-11-27-13-12-26-2)25-9-7-24(8-10-25)15-16-4-5-17(20)18(21)14-16;/h4-5,14H,3,6-13,15H2,1-2H3,(H,22,23);1H. The van der Waals surface area contributed by atoms with Crippen molar-refractivity contribution in [3.8, 4) is 0 Å². The van der Waals surface area contributed by atoms with E-state index < -0.39 is 0 Å². The van der Waals surface area contributed by atoms with Crippen LogP contribution in [0.3, 0.4) is 0 Å². The number of ether oxygens (including phenoxy) is 2. The molecule has 1 N–H and O–H groups in total. The van der Waals surface area contributed by atoms with Crippen molar-refractivity contribution in [1.29, 1.82) is 0 Å². The van der Waals surface area contributed by atoms with Gasteiger partial charge in [0, 0.05) is 46.4 Å². The van der Waals surface area contributed by atoms with E-state index in [9.17, 15) is 4.39 Å². The molecule has 0 amide bonds. The Kier molecular flexibility index (Phi) is 13.2. The fourth-order valence-electron chi connectivity index (χ4n) is 2.90. The lowest BCUT2D eigenvalue weighted by molar-refractivity contribution is 0.0746. The Morgan fingerprint density at radius 2 is 1.96 bits per heavy atom. The van der Waals surface area contributed by atoms with Crippen LogP contribution < -0.4 is 5.32 Å². The molecule has 9 heteroatoms. The van der Waals surface area contributed by atoms with Gasteiger partial charge < -0.3 is 19.7 Å². The van der Waals surface area contributed by atoms with E-state index in [0.717, 1.165) is 50.8 Å². The normalized spacial score (nSPS) is 15.4. The van der Waals surface area contributed by atoms with Crippen LogP contribution in [0.1, 0.15) is 12.5 Å². The van der Waals surface area contributed by atoms with Crippen LogP contribution >= 0.6 is 39.9 Å². The van der Waals surface area contributed by atoms with Gasteiger partial charge in [-0.25, -0.2) is 4.39 Å². The van der Waals surface area contributed by atoms with E-state index in [4.69, 9.17) is 9.47 Å². The summed E-state index contributed by atoms with van der Waals surface area (Å²) in [7, 11) is 1.66. The van der Waals surface area contributed by atoms with Gasteiger partial charge in [-0.05, 0) is 40.5 Å². The minimum absolute atomic E-state index is 0. The smallest absolute Gasteiger partial charge is 0.194 e. The predicted octanol–water partition coefficient (Wildman–Crippen LogP) is 2.95. The first kappa shape index (κ1) is 25.5. The maximum Gasteiger partial charge on any atom is 0.194 e. The molecular formula is C19H31BrFIN4O2. The molecule has 2 rings (SSSR count). The van der Waals surface area contributed by atoms with Crippen LogP contribution in [0.5, 0.6) is 0 Å². The number of nitrogens with one attached hydrogen (secondary N) is 1. The molecule has 28 heavy (non-hydrogen) atoms. The van der Waals surface area contributed by atoms with Crippen molar-refractivity contribution in [2.45, 2.75) is 13.5 Å². The molecule has 0 aromatic heterocycles. The first-order valence-electron chi connectivity index (χ1n) is 9.40. The Hall–Kier alpha value is -0.490. The van der Waals surface area contributed by atoms with Gasteiger partial charge in [0.15, 0.2) is 5.96 Å². The van der Waals surface area contributed by atoms with E-state index in [1.807, 2.05) is 6.07 Å². The van der Waals surface area contributed by atoms with E-state index in [-0.39, 0.29) is 29.8 Å². The van der Waals surface area contributed by atoms with Gasteiger partial charge in [-0.1, -0.05) is 6.07 Å². The number of guanidine groups is 1. The summed E-state index contributed by atoms with van der Waals surface area (Å²) >= 11 is 3.20. The third-order valence-corrected chi connectivity index (χ3v) is 4.97. The SMILES string of the molecule is CCNC(=NCCOCCOC)N1CCN(Cc2ccc(Br)c(F)c2)CC1.I. The number of rotatable bonds is 9. The molecule has 160 valence electrons. The quantitative estimate of drug-likeness (QED) is 0.213. The molecule has 0 aliphatic carbocycles. The van der Waals surface area contributed by atoms with Gasteiger partial charge in [-0.15, -0.1) is 24.0 Å². The molecule has 1 aliphatic rings.